The highest BCUT2D eigenvalue weighted by Gasteiger charge is 2.05. The lowest BCUT2D eigenvalue weighted by atomic mass is 10.1. The van der Waals surface area contributed by atoms with E-state index in [1.807, 2.05) is 18.2 Å². The fourth-order valence-electron chi connectivity index (χ4n) is 1.85. The number of thiocarbonyl (C=S) groups is 1. The van der Waals surface area contributed by atoms with Crippen LogP contribution >= 0.6 is 35.4 Å². The van der Waals surface area contributed by atoms with E-state index in [0.29, 0.717) is 22.2 Å². The van der Waals surface area contributed by atoms with Crippen LogP contribution in [0.1, 0.15) is 11.1 Å². The van der Waals surface area contributed by atoms with Gasteiger partial charge in [0.2, 0.25) is 0 Å². The molecule has 0 atom stereocenters. The molecule has 0 bridgehead atoms. The number of phenolic OH excluding ortho intramolecular Hbond substituents is 1. The van der Waals surface area contributed by atoms with Gasteiger partial charge in [0.25, 0.3) is 0 Å². The second kappa shape index (κ2) is 8.72. The molecule has 0 amide bonds. The van der Waals surface area contributed by atoms with E-state index < -0.39 is 0 Å². The number of benzene rings is 2. The topological polar surface area (TPSA) is 56.7 Å². The normalized spacial score (nSPS) is 10.7. The molecule has 7 heteroatoms. The zero-order valence-electron chi connectivity index (χ0n) is 12.1. The standard InChI is InChI=1S/C16H15Cl2N3OS/c17-13-8-12(15(22)14(18)9-13)10-20-21-16(23)19-7-6-11-4-2-1-3-5-11/h1-5,8-10,22H,6-7H2,(H2,19,21,23). The highest BCUT2D eigenvalue weighted by molar-refractivity contribution is 7.80. The molecule has 2 rings (SSSR count). The maximum absolute atomic E-state index is 9.80. The van der Waals surface area contributed by atoms with E-state index in [-0.39, 0.29) is 10.8 Å². The molecule has 0 aliphatic carbocycles. The van der Waals surface area contributed by atoms with E-state index in [1.54, 1.807) is 6.07 Å². The van der Waals surface area contributed by atoms with Crippen molar-refractivity contribution >= 4 is 46.7 Å². The Hall–Kier alpha value is -1.82. The Balaban J connectivity index is 1.80. The molecule has 3 N–H and O–H groups in total. The van der Waals surface area contributed by atoms with Crippen LogP contribution in [0.5, 0.6) is 5.75 Å². The first-order chi connectivity index (χ1) is 11.1. The second-order valence-electron chi connectivity index (χ2n) is 4.69. The summed E-state index contributed by atoms with van der Waals surface area (Å²) in [5, 5.41) is 17.8. The Bertz CT molecular complexity index is 708. The summed E-state index contributed by atoms with van der Waals surface area (Å²) in [4.78, 5) is 0. The van der Waals surface area contributed by atoms with Gasteiger partial charge in [-0.25, -0.2) is 0 Å². The van der Waals surface area contributed by atoms with Crippen molar-refractivity contribution in [2.45, 2.75) is 6.42 Å². The first-order valence-electron chi connectivity index (χ1n) is 6.85. The summed E-state index contributed by atoms with van der Waals surface area (Å²) in [5.74, 6) is -0.0791. The largest absolute Gasteiger partial charge is 0.506 e. The van der Waals surface area contributed by atoms with Gasteiger partial charge in [-0.1, -0.05) is 53.5 Å². The van der Waals surface area contributed by atoms with E-state index in [1.165, 1.54) is 17.8 Å². The molecule has 0 aliphatic heterocycles. The molecule has 2 aromatic carbocycles. The number of phenols is 1. The summed E-state index contributed by atoms with van der Waals surface area (Å²) >= 11 is 16.8. The van der Waals surface area contributed by atoms with Crippen LogP contribution in [0.3, 0.4) is 0 Å². The molecule has 0 saturated carbocycles. The minimum atomic E-state index is -0.0791. The number of rotatable bonds is 5. The maximum Gasteiger partial charge on any atom is 0.186 e. The Morgan fingerprint density at radius 2 is 1.96 bits per heavy atom. The van der Waals surface area contributed by atoms with Crippen molar-refractivity contribution in [3.05, 3.63) is 63.6 Å². The minimum Gasteiger partial charge on any atom is -0.506 e. The molecular weight excluding hydrogens is 353 g/mol. The highest BCUT2D eigenvalue weighted by Crippen LogP contribution is 2.29. The molecule has 0 saturated heterocycles. The van der Waals surface area contributed by atoms with Crippen LogP contribution in [0.4, 0.5) is 0 Å². The lowest BCUT2D eigenvalue weighted by Crippen LogP contribution is -2.33. The average molecular weight is 368 g/mol. The van der Waals surface area contributed by atoms with E-state index in [0.717, 1.165) is 6.42 Å². The number of hydrogen-bond acceptors (Lipinski definition) is 3. The van der Waals surface area contributed by atoms with E-state index in [4.69, 9.17) is 35.4 Å². The highest BCUT2D eigenvalue weighted by atomic mass is 35.5. The molecular formula is C16H15Cl2N3OS. The quantitative estimate of drug-likeness (QED) is 0.428. The van der Waals surface area contributed by atoms with Crippen LogP contribution in [-0.4, -0.2) is 23.0 Å². The zero-order valence-corrected chi connectivity index (χ0v) is 14.4. The van der Waals surface area contributed by atoms with Crippen LogP contribution in [0.25, 0.3) is 0 Å². The molecule has 23 heavy (non-hydrogen) atoms. The third kappa shape index (κ3) is 5.71. The third-order valence-corrected chi connectivity index (χ3v) is 3.71. The number of hydrazone groups is 1. The first kappa shape index (κ1) is 17.5. The van der Waals surface area contributed by atoms with Crippen molar-refractivity contribution in [2.24, 2.45) is 5.10 Å². The molecule has 0 fully saturated rings. The van der Waals surface area contributed by atoms with Gasteiger partial charge in [0.15, 0.2) is 5.11 Å². The SMILES string of the molecule is Oc1c(Cl)cc(Cl)cc1C=NNC(=S)NCCc1ccccc1. The van der Waals surface area contributed by atoms with Crippen molar-refractivity contribution in [1.29, 1.82) is 0 Å². The molecule has 0 radical (unpaired) electrons. The molecule has 0 unspecified atom stereocenters. The van der Waals surface area contributed by atoms with Gasteiger partial charge in [-0.15, -0.1) is 0 Å². The summed E-state index contributed by atoms with van der Waals surface area (Å²) in [6.45, 7) is 0.694. The molecule has 0 spiro atoms. The number of halogens is 2. The molecule has 4 nitrogen and oxygen atoms in total. The van der Waals surface area contributed by atoms with Gasteiger partial charge in [0.1, 0.15) is 5.75 Å². The van der Waals surface area contributed by atoms with E-state index in [2.05, 4.69) is 28.0 Å². The fraction of sp³-hybridized carbons (Fsp3) is 0.125. The van der Waals surface area contributed by atoms with E-state index in [9.17, 15) is 5.11 Å². The molecule has 2 aromatic rings. The molecule has 120 valence electrons. The fourth-order valence-corrected chi connectivity index (χ4v) is 2.51. The van der Waals surface area contributed by atoms with Gasteiger partial charge in [-0.05, 0) is 36.3 Å². The van der Waals surface area contributed by atoms with Crippen LogP contribution < -0.4 is 10.7 Å². The predicted octanol–water partition coefficient (Wildman–Crippen LogP) is 3.74. The summed E-state index contributed by atoms with van der Waals surface area (Å²) in [7, 11) is 0. The number of nitrogens with zero attached hydrogens (tertiary/aromatic N) is 1. The van der Waals surface area contributed by atoms with Crippen molar-refractivity contribution in [2.75, 3.05) is 6.54 Å². The first-order valence-corrected chi connectivity index (χ1v) is 8.01. The van der Waals surface area contributed by atoms with Crippen molar-refractivity contribution in [3.8, 4) is 5.75 Å². The second-order valence-corrected chi connectivity index (χ2v) is 5.94. The lowest BCUT2D eigenvalue weighted by Gasteiger charge is -2.07. The van der Waals surface area contributed by atoms with Gasteiger partial charge < -0.3 is 10.4 Å². The number of aromatic hydroxyl groups is 1. The third-order valence-electron chi connectivity index (χ3n) is 2.97. The van der Waals surface area contributed by atoms with Gasteiger partial charge >= 0.3 is 0 Å². The van der Waals surface area contributed by atoms with Crippen molar-refractivity contribution < 1.29 is 5.11 Å². The van der Waals surface area contributed by atoms with Gasteiger partial charge in [0, 0.05) is 17.1 Å². The molecule has 0 heterocycles. The Labute approximate surface area is 150 Å². The number of hydrogen-bond donors (Lipinski definition) is 3. The summed E-state index contributed by atoms with van der Waals surface area (Å²) in [6, 6.07) is 13.1. The van der Waals surface area contributed by atoms with Crippen molar-refractivity contribution in [1.82, 2.24) is 10.7 Å². The average Bonchev–Trinajstić information content (AvgIpc) is 2.53. The summed E-state index contributed by atoms with van der Waals surface area (Å²) < 4.78 is 0. The van der Waals surface area contributed by atoms with Crippen molar-refractivity contribution in [3.63, 3.8) is 0 Å². The molecule has 0 aromatic heterocycles. The van der Waals surface area contributed by atoms with Crippen LogP contribution in [0, 0.1) is 0 Å². The monoisotopic (exact) mass is 367 g/mol. The Morgan fingerprint density at radius 3 is 2.70 bits per heavy atom. The lowest BCUT2D eigenvalue weighted by molar-refractivity contribution is 0.474. The van der Waals surface area contributed by atoms with Gasteiger partial charge in [0.05, 0.1) is 11.2 Å². The Kier molecular flexibility index (Phi) is 6.65. The minimum absolute atomic E-state index is 0.0791. The summed E-state index contributed by atoms with van der Waals surface area (Å²) in [5.41, 5.74) is 4.31. The summed E-state index contributed by atoms with van der Waals surface area (Å²) in [6.07, 6.45) is 2.26. The predicted molar refractivity (Wildman–Crippen MR) is 99.6 cm³/mol. The van der Waals surface area contributed by atoms with E-state index >= 15 is 0 Å². The Morgan fingerprint density at radius 1 is 1.22 bits per heavy atom. The smallest absolute Gasteiger partial charge is 0.186 e. The molecule has 0 aliphatic rings. The van der Waals surface area contributed by atoms with Crippen LogP contribution in [0.15, 0.2) is 47.6 Å². The zero-order chi connectivity index (χ0) is 16.7. The van der Waals surface area contributed by atoms with Crippen LogP contribution in [-0.2, 0) is 6.42 Å². The maximum atomic E-state index is 9.80. The van der Waals surface area contributed by atoms with Gasteiger partial charge in [-0.3, -0.25) is 5.43 Å². The van der Waals surface area contributed by atoms with Gasteiger partial charge in [-0.2, -0.15) is 5.10 Å². The van der Waals surface area contributed by atoms with Crippen LogP contribution in [0.2, 0.25) is 10.0 Å². The number of nitrogens with one attached hydrogen (secondary N) is 2.